The zero-order valence-corrected chi connectivity index (χ0v) is 12.5. The van der Waals surface area contributed by atoms with Crippen LogP contribution in [0.15, 0.2) is 45.8 Å². The number of aromatic nitrogens is 1. The number of nitrogens with two attached hydrogens (primary N) is 1. The van der Waals surface area contributed by atoms with Crippen molar-refractivity contribution in [1.29, 1.82) is 0 Å². The molecule has 1 amide bonds. The van der Waals surface area contributed by atoms with E-state index in [-0.39, 0.29) is 18.0 Å². The molecule has 0 radical (unpaired) electrons. The van der Waals surface area contributed by atoms with Crippen LogP contribution in [0, 0.1) is 6.92 Å². The van der Waals surface area contributed by atoms with Gasteiger partial charge in [-0.3, -0.25) is 9.59 Å². The Kier molecular flexibility index (Phi) is 4.24. The second-order valence-electron chi connectivity index (χ2n) is 4.49. The normalized spacial score (nSPS) is 10.3. The van der Waals surface area contributed by atoms with E-state index >= 15 is 0 Å². The van der Waals surface area contributed by atoms with E-state index in [0.29, 0.717) is 11.4 Å². The Labute approximate surface area is 124 Å². The Balaban J connectivity index is 2.13. The van der Waals surface area contributed by atoms with Crippen molar-refractivity contribution in [1.82, 2.24) is 4.57 Å². The number of benzene rings is 1. The van der Waals surface area contributed by atoms with E-state index in [1.807, 2.05) is 19.1 Å². The summed E-state index contributed by atoms with van der Waals surface area (Å²) in [5.74, 6) is -0.282. The highest BCUT2D eigenvalue weighted by atomic mass is 79.9. The van der Waals surface area contributed by atoms with Gasteiger partial charge in [-0.25, -0.2) is 0 Å². The molecule has 1 heterocycles. The summed E-state index contributed by atoms with van der Waals surface area (Å²) in [6.45, 7) is 1.86. The van der Waals surface area contributed by atoms with Crippen LogP contribution in [0.5, 0.6) is 0 Å². The quantitative estimate of drug-likeness (QED) is 0.902. The molecule has 0 aliphatic rings. The number of aryl methyl sites for hydroxylation is 1. The highest BCUT2D eigenvalue weighted by Gasteiger charge is 2.06. The van der Waals surface area contributed by atoms with E-state index in [2.05, 4.69) is 21.2 Å². The predicted molar refractivity (Wildman–Crippen MR) is 82.6 cm³/mol. The number of nitrogens with one attached hydrogen (secondary N) is 1. The molecular formula is C14H14BrN3O2. The number of pyridine rings is 1. The summed E-state index contributed by atoms with van der Waals surface area (Å²) in [5, 5.41) is 2.75. The van der Waals surface area contributed by atoms with Crippen LogP contribution in [0.3, 0.4) is 0 Å². The van der Waals surface area contributed by atoms with E-state index in [4.69, 9.17) is 5.73 Å². The summed E-state index contributed by atoms with van der Waals surface area (Å²) in [6, 6.07) is 8.44. The zero-order chi connectivity index (χ0) is 14.7. The van der Waals surface area contributed by atoms with Gasteiger partial charge in [-0.15, -0.1) is 0 Å². The number of anilines is 2. The first-order valence-electron chi connectivity index (χ1n) is 5.97. The molecular weight excluding hydrogens is 322 g/mol. The number of nitrogens with zero attached hydrogens (tertiary/aromatic N) is 1. The summed E-state index contributed by atoms with van der Waals surface area (Å²) in [6.07, 6.45) is 1.45. The van der Waals surface area contributed by atoms with Gasteiger partial charge in [-0.1, -0.05) is 15.9 Å². The Morgan fingerprint density at radius 1 is 1.35 bits per heavy atom. The van der Waals surface area contributed by atoms with Crippen LogP contribution in [0.25, 0.3) is 0 Å². The van der Waals surface area contributed by atoms with Gasteiger partial charge in [0.25, 0.3) is 5.56 Å². The molecule has 2 rings (SSSR count). The minimum Gasteiger partial charge on any atom is -0.398 e. The van der Waals surface area contributed by atoms with E-state index in [0.717, 1.165) is 10.0 Å². The van der Waals surface area contributed by atoms with Crippen LogP contribution in [-0.2, 0) is 11.3 Å². The third-order valence-electron chi connectivity index (χ3n) is 2.65. The minimum atomic E-state index is -0.282. The molecule has 104 valence electrons. The van der Waals surface area contributed by atoms with Crippen molar-refractivity contribution >= 4 is 33.2 Å². The minimum absolute atomic E-state index is 0.0740. The number of rotatable bonds is 3. The topological polar surface area (TPSA) is 77.1 Å². The lowest BCUT2D eigenvalue weighted by Gasteiger charge is -2.09. The second-order valence-corrected chi connectivity index (χ2v) is 5.41. The molecule has 0 aliphatic heterocycles. The zero-order valence-electron chi connectivity index (χ0n) is 10.9. The third-order valence-corrected chi connectivity index (χ3v) is 3.10. The predicted octanol–water partition coefficient (Wildman–Crippen LogP) is 2.14. The van der Waals surface area contributed by atoms with Crippen LogP contribution in [0.4, 0.5) is 11.4 Å². The number of carbonyl (C=O) groups is 1. The second kappa shape index (κ2) is 5.92. The van der Waals surface area contributed by atoms with Gasteiger partial charge in [-0.2, -0.15) is 0 Å². The maximum absolute atomic E-state index is 11.9. The largest absolute Gasteiger partial charge is 0.398 e. The molecule has 20 heavy (non-hydrogen) atoms. The number of amides is 1. The highest BCUT2D eigenvalue weighted by Crippen LogP contribution is 2.19. The molecule has 0 aliphatic carbocycles. The van der Waals surface area contributed by atoms with Crippen molar-refractivity contribution in [3.63, 3.8) is 0 Å². The molecule has 0 unspecified atom stereocenters. The fraction of sp³-hybridized carbons (Fsp3) is 0.143. The Hall–Kier alpha value is -2.08. The molecule has 0 saturated heterocycles. The SMILES string of the molecule is Cc1cc(Br)cc(NC(=O)Cn2cc(N)ccc2=O)c1. The van der Waals surface area contributed by atoms with Crippen molar-refractivity contribution in [2.45, 2.75) is 13.5 Å². The van der Waals surface area contributed by atoms with Gasteiger partial charge in [0.15, 0.2) is 0 Å². The molecule has 5 nitrogen and oxygen atoms in total. The van der Waals surface area contributed by atoms with Gasteiger partial charge >= 0.3 is 0 Å². The molecule has 6 heteroatoms. The smallest absolute Gasteiger partial charge is 0.251 e. The van der Waals surface area contributed by atoms with Gasteiger partial charge in [0, 0.05) is 28.1 Å². The standard InChI is InChI=1S/C14H14BrN3O2/c1-9-4-10(15)6-12(5-9)17-13(19)8-18-7-11(16)2-3-14(18)20/h2-7H,8,16H2,1H3,(H,17,19). The van der Waals surface area contributed by atoms with Crippen LogP contribution >= 0.6 is 15.9 Å². The molecule has 0 saturated carbocycles. The molecule has 1 aromatic carbocycles. The number of halogens is 1. The van der Waals surface area contributed by atoms with Crippen molar-refractivity contribution in [3.8, 4) is 0 Å². The average molecular weight is 336 g/mol. The molecule has 3 N–H and O–H groups in total. The van der Waals surface area contributed by atoms with E-state index in [1.54, 1.807) is 6.07 Å². The fourth-order valence-corrected chi connectivity index (χ4v) is 2.44. The number of nitrogen functional groups attached to an aromatic ring is 1. The lowest BCUT2D eigenvalue weighted by molar-refractivity contribution is -0.116. The molecule has 2 aromatic rings. The summed E-state index contributed by atoms with van der Waals surface area (Å²) in [7, 11) is 0. The number of hydrogen-bond donors (Lipinski definition) is 2. The van der Waals surface area contributed by atoms with E-state index < -0.39 is 0 Å². The molecule has 0 bridgehead atoms. The van der Waals surface area contributed by atoms with Crippen molar-refractivity contribution in [3.05, 3.63) is 56.9 Å². The van der Waals surface area contributed by atoms with Crippen LogP contribution in [0.2, 0.25) is 0 Å². The highest BCUT2D eigenvalue weighted by molar-refractivity contribution is 9.10. The van der Waals surface area contributed by atoms with Gasteiger partial charge in [-0.05, 0) is 36.8 Å². The number of carbonyl (C=O) groups excluding carboxylic acids is 1. The van der Waals surface area contributed by atoms with Crippen molar-refractivity contribution < 1.29 is 4.79 Å². The Morgan fingerprint density at radius 3 is 2.80 bits per heavy atom. The van der Waals surface area contributed by atoms with E-state index in [9.17, 15) is 9.59 Å². The Bertz CT molecular complexity index is 690. The summed E-state index contributed by atoms with van der Waals surface area (Å²) in [5.41, 5.74) is 7.48. The molecule has 1 aromatic heterocycles. The van der Waals surface area contributed by atoms with Gasteiger partial charge in [0.1, 0.15) is 6.54 Å². The van der Waals surface area contributed by atoms with Gasteiger partial charge in [0.05, 0.1) is 0 Å². The third kappa shape index (κ3) is 3.71. The average Bonchev–Trinajstić information content (AvgIpc) is 2.32. The van der Waals surface area contributed by atoms with Gasteiger partial charge < -0.3 is 15.6 Å². The fourth-order valence-electron chi connectivity index (χ4n) is 1.84. The first kappa shape index (κ1) is 14.3. The first-order chi connectivity index (χ1) is 9.44. The maximum atomic E-state index is 11.9. The van der Waals surface area contributed by atoms with Crippen LogP contribution in [0.1, 0.15) is 5.56 Å². The van der Waals surface area contributed by atoms with Crippen LogP contribution < -0.4 is 16.6 Å². The Morgan fingerprint density at radius 2 is 2.10 bits per heavy atom. The lowest BCUT2D eigenvalue weighted by Crippen LogP contribution is -2.27. The maximum Gasteiger partial charge on any atom is 0.251 e. The monoisotopic (exact) mass is 335 g/mol. The van der Waals surface area contributed by atoms with Crippen molar-refractivity contribution in [2.75, 3.05) is 11.1 Å². The van der Waals surface area contributed by atoms with Crippen LogP contribution in [-0.4, -0.2) is 10.5 Å². The number of hydrogen-bond acceptors (Lipinski definition) is 3. The molecule has 0 spiro atoms. The van der Waals surface area contributed by atoms with Gasteiger partial charge in [0.2, 0.25) is 5.91 Å². The summed E-state index contributed by atoms with van der Waals surface area (Å²) in [4.78, 5) is 23.5. The van der Waals surface area contributed by atoms with E-state index in [1.165, 1.54) is 22.9 Å². The summed E-state index contributed by atoms with van der Waals surface area (Å²) >= 11 is 3.37. The summed E-state index contributed by atoms with van der Waals surface area (Å²) < 4.78 is 2.16. The molecule has 0 fully saturated rings. The molecule has 0 atom stereocenters. The first-order valence-corrected chi connectivity index (χ1v) is 6.76. The lowest BCUT2D eigenvalue weighted by atomic mass is 10.2. The van der Waals surface area contributed by atoms with Crippen molar-refractivity contribution in [2.24, 2.45) is 0 Å².